The lowest BCUT2D eigenvalue weighted by Crippen LogP contribution is -2.18. The predicted molar refractivity (Wildman–Crippen MR) is 34.0 cm³/mol. The molecule has 0 bridgehead atoms. The van der Waals surface area contributed by atoms with E-state index in [1.807, 2.05) is 0 Å². The summed E-state index contributed by atoms with van der Waals surface area (Å²) < 4.78 is 4.55. The molecule has 4 heteroatoms. The van der Waals surface area contributed by atoms with Gasteiger partial charge in [0.05, 0.1) is 6.54 Å². The van der Waals surface area contributed by atoms with Gasteiger partial charge in [0.1, 0.15) is 12.0 Å². The summed E-state index contributed by atoms with van der Waals surface area (Å²) in [5, 5.41) is 6.18. The molecule has 0 spiro atoms. The van der Waals surface area contributed by atoms with Gasteiger partial charge in [0.25, 0.3) is 0 Å². The van der Waals surface area contributed by atoms with E-state index in [1.54, 1.807) is 6.07 Å². The van der Waals surface area contributed by atoms with Gasteiger partial charge in [-0.25, -0.2) is 0 Å². The van der Waals surface area contributed by atoms with Crippen molar-refractivity contribution in [2.75, 3.05) is 0 Å². The van der Waals surface area contributed by atoms with Crippen LogP contribution in [0.25, 0.3) is 0 Å². The summed E-state index contributed by atoms with van der Waals surface area (Å²) >= 11 is 0. The van der Waals surface area contributed by atoms with Crippen LogP contribution < -0.4 is 5.32 Å². The topological polar surface area (TPSA) is 55.1 Å². The normalized spacial score (nSPS) is 9.30. The number of amides is 1. The molecule has 0 aromatic carbocycles. The first kappa shape index (κ1) is 6.80. The predicted octanol–water partition coefficient (Wildman–Crippen LogP) is 0.311. The van der Waals surface area contributed by atoms with Crippen LogP contribution in [0.5, 0.6) is 0 Å². The van der Waals surface area contributed by atoms with Gasteiger partial charge >= 0.3 is 0 Å². The Labute approximate surface area is 58.2 Å². The van der Waals surface area contributed by atoms with Gasteiger partial charge in [-0.05, 0) is 0 Å². The minimum Gasteiger partial charge on any atom is -0.364 e. The molecule has 0 saturated heterocycles. The molecule has 4 nitrogen and oxygen atoms in total. The van der Waals surface area contributed by atoms with Gasteiger partial charge in [-0.3, -0.25) is 4.79 Å². The molecule has 0 radical (unpaired) electrons. The summed E-state index contributed by atoms with van der Waals surface area (Å²) in [4.78, 5) is 10.4. The lowest BCUT2D eigenvalue weighted by molar-refractivity contribution is -0.119. The van der Waals surface area contributed by atoms with Crippen LogP contribution in [-0.2, 0) is 11.3 Å². The van der Waals surface area contributed by atoms with Gasteiger partial charge in [0, 0.05) is 13.0 Å². The molecule has 1 aromatic rings. The maximum absolute atomic E-state index is 10.4. The second-order valence-electron chi connectivity index (χ2n) is 1.90. The lowest BCUT2D eigenvalue weighted by Gasteiger charge is -1.94. The average molecular weight is 140 g/mol. The van der Waals surface area contributed by atoms with Crippen molar-refractivity contribution in [3.05, 3.63) is 18.0 Å². The smallest absolute Gasteiger partial charge is 0.217 e. The number of carbonyl (C=O) groups excluding carboxylic acids is 1. The molecule has 1 rings (SSSR count). The van der Waals surface area contributed by atoms with Crippen molar-refractivity contribution in [1.82, 2.24) is 10.5 Å². The number of hydrogen-bond donors (Lipinski definition) is 1. The van der Waals surface area contributed by atoms with Crippen LogP contribution >= 0.6 is 0 Å². The summed E-state index contributed by atoms with van der Waals surface area (Å²) in [7, 11) is 0. The zero-order valence-electron chi connectivity index (χ0n) is 5.63. The SMILES string of the molecule is CC(=O)NCc1ccon1. The van der Waals surface area contributed by atoms with Crippen molar-refractivity contribution in [2.45, 2.75) is 13.5 Å². The van der Waals surface area contributed by atoms with E-state index in [9.17, 15) is 4.79 Å². The van der Waals surface area contributed by atoms with Crippen molar-refractivity contribution in [3.8, 4) is 0 Å². The van der Waals surface area contributed by atoms with Crippen LogP contribution in [0.3, 0.4) is 0 Å². The summed E-state index contributed by atoms with van der Waals surface area (Å²) in [6.45, 7) is 1.89. The molecular formula is C6H8N2O2. The molecule has 0 aliphatic rings. The third kappa shape index (κ3) is 1.89. The van der Waals surface area contributed by atoms with Gasteiger partial charge in [-0.2, -0.15) is 0 Å². The highest BCUT2D eigenvalue weighted by Gasteiger charge is 1.95. The molecule has 10 heavy (non-hydrogen) atoms. The number of nitrogens with zero attached hydrogens (tertiary/aromatic N) is 1. The second kappa shape index (κ2) is 3.00. The van der Waals surface area contributed by atoms with Crippen molar-refractivity contribution < 1.29 is 9.32 Å². The van der Waals surface area contributed by atoms with Gasteiger partial charge in [-0.15, -0.1) is 0 Å². The highest BCUT2D eigenvalue weighted by molar-refractivity contribution is 5.72. The van der Waals surface area contributed by atoms with Crippen LogP contribution in [0.15, 0.2) is 16.9 Å². The van der Waals surface area contributed by atoms with Crippen LogP contribution in [0.1, 0.15) is 12.6 Å². The van der Waals surface area contributed by atoms with Gasteiger partial charge < -0.3 is 9.84 Å². The summed E-state index contributed by atoms with van der Waals surface area (Å²) in [6.07, 6.45) is 1.47. The molecule has 0 aliphatic carbocycles. The fourth-order valence-corrected chi connectivity index (χ4v) is 0.544. The first-order chi connectivity index (χ1) is 4.79. The minimum atomic E-state index is -0.0667. The molecule has 1 aromatic heterocycles. The van der Waals surface area contributed by atoms with Crippen LogP contribution in [0.4, 0.5) is 0 Å². The Balaban J connectivity index is 2.35. The molecule has 0 unspecified atom stereocenters. The largest absolute Gasteiger partial charge is 0.364 e. The second-order valence-corrected chi connectivity index (χ2v) is 1.90. The Kier molecular flexibility index (Phi) is 2.04. The zero-order chi connectivity index (χ0) is 7.40. The monoisotopic (exact) mass is 140 g/mol. The Morgan fingerprint density at radius 2 is 2.70 bits per heavy atom. The maximum atomic E-state index is 10.4. The molecule has 0 atom stereocenters. The summed E-state index contributed by atoms with van der Waals surface area (Å²) in [5.74, 6) is -0.0667. The van der Waals surface area contributed by atoms with Crippen molar-refractivity contribution >= 4 is 5.91 Å². The number of aromatic nitrogens is 1. The molecule has 0 aliphatic heterocycles. The summed E-state index contributed by atoms with van der Waals surface area (Å²) in [6, 6.07) is 1.70. The third-order valence-electron chi connectivity index (χ3n) is 1.01. The van der Waals surface area contributed by atoms with E-state index in [0.717, 1.165) is 5.69 Å². The summed E-state index contributed by atoms with van der Waals surface area (Å²) in [5.41, 5.74) is 0.732. The van der Waals surface area contributed by atoms with E-state index >= 15 is 0 Å². The van der Waals surface area contributed by atoms with E-state index in [-0.39, 0.29) is 5.91 Å². The fraction of sp³-hybridized carbons (Fsp3) is 0.333. The maximum Gasteiger partial charge on any atom is 0.217 e. The zero-order valence-corrected chi connectivity index (χ0v) is 5.63. The van der Waals surface area contributed by atoms with E-state index in [0.29, 0.717) is 6.54 Å². The Hall–Kier alpha value is -1.32. The number of rotatable bonds is 2. The quantitative estimate of drug-likeness (QED) is 0.643. The minimum absolute atomic E-state index is 0.0667. The molecule has 54 valence electrons. The number of carbonyl (C=O) groups is 1. The molecule has 0 saturated carbocycles. The van der Waals surface area contributed by atoms with E-state index in [1.165, 1.54) is 13.2 Å². The Morgan fingerprint density at radius 1 is 1.90 bits per heavy atom. The molecule has 1 heterocycles. The highest BCUT2D eigenvalue weighted by atomic mass is 16.5. The molecular weight excluding hydrogens is 132 g/mol. The number of nitrogens with one attached hydrogen (secondary N) is 1. The van der Waals surface area contributed by atoms with Gasteiger partial charge in [-0.1, -0.05) is 5.16 Å². The Morgan fingerprint density at radius 3 is 3.20 bits per heavy atom. The van der Waals surface area contributed by atoms with E-state index in [4.69, 9.17) is 0 Å². The lowest BCUT2D eigenvalue weighted by atomic mass is 10.4. The Bertz CT molecular complexity index is 206. The standard InChI is InChI=1S/C6H8N2O2/c1-5(9)7-4-6-2-3-10-8-6/h2-3H,4H2,1H3,(H,7,9). The van der Waals surface area contributed by atoms with Crippen molar-refractivity contribution in [3.63, 3.8) is 0 Å². The van der Waals surface area contributed by atoms with E-state index in [2.05, 4.69) is 15.0 Å². The fourth-order valence-electron chi connectivity index (χ4n) is 0.544. The number of hydrogen-bond acceptors (Lipinski definition) is 3. The van der Waals surface area contributed by atoms with Crippen LogP contribution in [0, 0.1) is 0 Å². The van der Waals surface area contributed by atoms with Crippen molar-refractivity contribution in [1.29, 1.82) is 0 Å². The first-order valence-electron chi connectivity index (χ1n) is 2.93. The average Bonchev–Trinajstić information content (AvgIpc) is 2.34. The van der Waals surface area contributed by atoms with Crippen LogP contribution in [-0.4, -0.2) is 11.1 Å². The molecule has 1 amide bonds. The first-order valence-corrected chi connectivity index (χ1v) is 2.93. The third-order valence-corrected chi connectivity index (χ3v) is 1.01. The molecule has 1 N–H and O–H groups in total. The van der Waals surface area contributed by atoms with E-state index < -0.39 is 0 Å². The van der Waals surface area contributed by atoms with Gasteiger partial charge in [0.15, 0.2) is 0 Å². The van der Waals surface area contributed by atoms with Crippen LogP contribution in [0.2, 0.25) is 0 Å². The van der Waals surface area contributed by atoms with Gasteiger partial charge in [0.2, 0.25) is 5.91 Å². The van der Waals surface area contributed by atoms with Crippen molar-refractivity contribution in [2.24, 2.45) is 0 Å². The molecule has 0 fully saturated rings. The highest BCUT2D eigenvalue weighted by Crippen LogP contribution is 1.91.